The number of carbonyl (C=O) groups is 4. The van der Waals surface area contributed by atoms with Crippen LogP contribution in [-0.2, 0) is 19.2 Å². The van der Waals surface area contributed by atoms with Crippen molar-refractivity contribution in [2.45, 2.75) is 37.8 Å². The summed E-state index contributed by atoms with van der Waals surface area (Å²) >= 11 is 0. The minimum absolute atomic E-state index is 0. The molecule has 0 aliphatic heterocycles. The molecule has 0 radical (unpaired) electrons. The molecular weight excluding hydrogens is 344 g/mol. The van der Waals surface area contributed by atoms with Gasteiger partial charge in [0.15, 0.2) is 0 Å². The second-order valence-corrected chi connectivity index (χ2v) is 4.86. The first kappa shape index (κ1) is 34.1. The molecule has 0 aromatic rings. The standard InChI is InChI=1S/C11H18N2O8.4H3N/c12-5(1-6(14)15)10(13)11(2-7(16)17,3-8(18)19)4-9(20)21;;;;/h5,10H,1-4,12-13H2,(H,14,15)(H,16,17)(H,18,19)(H,20,21);4*1H3. The Morgan fingerprint density at radius 1 is 0.680 bits per heavy atom. The van der Waals surface area contributed by atoms with Crippen molar-refractivity contribution in [2.24, 2.45) is 16.9 Å². The molecule has 14 heteroatoms. The van der Waals surface area contributed by atoms with E-state index in [1.807, 2.05) is 0 Å². The molecular formula is C11H30N6O8. The van der Waals surface area contributed by atoms with Gasteiger partial charge < -0.3 is 56.5 Å². The second kappa shape index (κ2) is 14.0. The summed E-state index contributed by atoms with van der Waals surface area (Å²) in [6, 6.07) is -2.70. The monoisotopic (exact) mass is 374 g/mol. The molecule has 0 saturated carbocycles. The quantitative estimate of drug-likeness (QED) is 0.223. The molecule has 0 bridgehead atoms. The molecule has 14 nitrogen and oxygen atoms in total. The molecule has 20 N–H and O–H groups in total. The molecule has 25 heavy (non-hydrogen) atoms. The number of hydrogen-bond donors (Lipinski definition) is 10. The van der Waals surface area contributed by atoms with Crippen LogP contribution in [0.5, 0.6) is 0 Å². The topological polar surface area (TPSA) is 341 Å². The molecule has 0 aliphatic carbocycles. The molecule has 0 rings (SSSR count). The fraction of sp³-hybridized carbons (Fsp3) is 0.636. The first-order valence-corrected chi connectivity index (χ1v) is 5.88. The number of nitrogens with two attached hydrogens (primary N) is 2. The summed E-state index contributed by atoms with van der Waals surface area (Å²) in [4.78, 5) is 43.4. The summed E-state index contributed by atoms with van der Waals surface area (Å²) in [5.41, 5.74) is 9.38. The second-order valence-electron chi connectivity index (χ2n) is 4.86. The number of aliphatic carboxylic acids is 4. The maximum atomic E-state index is 10.9. The molecule has 0 aromatic carbocycles. The molecule has 2 unspecified atom stereocenters. The van der Waals surface area contributed by atoms with Crippen molar-refractivity contribution in [3.8, 4) is 0 Å². The maximum absolute atomic E-state index is 10.9. The molecule has 0 aliphatic rings. The zero-order chi connectivity index (χ0) is 16.8. The van der Waals surface area contributed by atoms with E-state index in [0.717, 1.165) is 0 Å². The predicted octanol–water partition coefficient (Wildman–Crippen LogP) is -0.826. The molecule has 0 saturated heterocycles. The fourth-order valence-corrected chi connectivity index (χ4v) is 2.23. The highest BCUT2D eigenvalue weighted by molar-refractivity contribution is 5.76. The lowest BCUT2D eigenvalue weighted by molar-refractivity contribution is -0.148. The minimum Gasteiger partial charge on any atom is -0.481 e. The first-order chi connectivity index (χ1) is 9.50. The van der Waals surface area contributed by atoms with Gasteiger partial charge in [-0.3, -0.25) is 19.2 Å². The Kier molecular flexibility index (Phi) is 19.1. The third-order valence-electron chi connectivity index (χ3n) is 3.09. The Hall–Kier alpha value is -2.36. The van der Waals surface area contributed by atoms with Crippen LogP contribution < -0.4 is 36.1 Å². The molecule has 0 heterocycles. The normalized spacial score (nSPS) is 11.9. The van der Waals surface area contributed by atoms with Crippen LogP contribution in [0.25, 0.3) is 0 Å². The molecule has 0 aromatic heterocycles. The van der Waals surface area contributed by atoms with Crippen molar-refractivity contribution in [1.29, 1.82) is 0 Å². The summed E-state index contributed by atoms with van der Waals surface area (Å²) in [7, 11) is 0. The van der Waals surface area contributed by atoms with Crippen molar-refractivity contribution in [1.82, 2.24) is 24.6 Å². The average Bonchev–Trinajstić information content (AvgIpc) is 2.23. The van der Waals surface area contributed by atoms with Crippen LogP contribution in [0.4, 0.5) is 0 Å². The first-order valence-electron chi connectivity index (χ1n) is 5.88. The van der Waals surface area contributed by atoms with Gasteiger partial charge in [-0.15, -0.1) is 0 Å². The van der Waals surface area contributed by atoms with E-state index in [-0.39, 0.29) is 24.6 Å². The minimum atomic E-state index is -1.88. The van der Waals surface area contributed by atoms with Gasteiger partial charge in [0.1, 0.15) is 0 Å². The van der Waals surface area contributed by atoms with Crippen molar-refractivity contribution in [3.05, 3.63) is 0 Å². The molecule has 0 spiro atoms. The van der Waals surface area contributed by atoms with E-state index in [9.17, 15) is 19.2 Å². The van der Waals surface area contributed by atoms with Crippen LogP contribution in [0.3, 0.4) is 0 Å². The Bertz CT molecular complexity index is 405. The van der Waals surface area contributed by atoms with Gasteiger partial charge in [-0.2, -0.15) is 0 Å². The van der Waals surface area contributed by atoms with Gasteiger partial charge in [-0.1, -0.05) is 0 Å². The van der Waals surface area contributed by atoms with Crippen molar-refractivity contribution < 1.29 is 39.6 Å². The molecule has 0 amide bonds. The highest BCUT2D eigenvalue weighted by Gasteiger charge is 2.45. The van der Waals surface area contributed by atoms with Gasteiger partial charge in [-0.05, 0) is 0 Å². The van der Waals surface area contributed by atoms with E-state index < -0.39 is 67.1 Å². The van der Waals surface area contributed by atoms with Crippen LogP contribution in [-0.4, -0.2) is 56.4 Å². The number of carboxylic acids is 4. The third-order valence-corrected chi connectivity index (χ3v) is 3.09. The van der Waals surface area contributed by atoms with Gasteiger partial charge in [0, 0.05) is 17.5 Å². The summed E-state index contributed by atoms with van der Waals surface area (Å²) in [6.07, 6.45) is -3.18. The predicted molar refractivity (Wildman–Crippen MR) is 87.5 cm³/mol. The largest absolute Gasteiger partial charge is 0.481 e. The average molecular weight is 374 g/mol. The third kappa shape index (κ3) is 11.8. The summed E-state index contributed by atoms with van der Waals surface area (Å²) in [5, 5.41) is 35.3. The highest BCUT2D eigenvalue weighted by atomic mass is 16.4. The molecule has 0 fully saturated rings. The van der Waals surface area contributed by atoms with Crippen LogP contribution in [0.1, 0.15) is 25.7 Å². The van der Waals surface area contributed by atoms with E-state index in [2.05, 4.69) is 0 Å². The van der Waals surface area contributed by atoms with Crippen LogP contribution >= 0.6 is 0 Å². The lowest BCUT2D eigenvalue weighted by Crippen LogP contribution is -2.56. The maximum Gasteiger partial charge on any atom is 0.304 e. The SMILES string of the molecule is N.N.N.N.NC(CC(=O)O)C(N)C(CC(=O)O)(CC(=O)O)CC(=O)O. The van der Waals surface area contributed by atoms with Crippen molar-refractivity contribution in [3.63, 3.8) is 0 Å². The van der Waals surface area contributed by atoms with E-state index in [1.54, 1.807) is 0 Å². The summed E-state index contributed by atoms with van der Waals surface area (Å²) in [5.74, 6) is -5.66. The van der Waals surface area contributed by atoms with E-state index in [0.29, 0.717) is 0 Å². The number of carboxylic acid groups (broad SMARTS) is 4. The summed E-state index contributed by atoms with van der Waals surface area (Å²) < 4.78 is 0. The van der Waals surface area contributed by atoms with Gasteiger partial charge in [0.2, 0.25) is 0 Å². The van der Waals surface area contributed by atoms with Gasteiger partial charge in [0.05, 0.1) is 25.7 Å². The zero-order valence-electron chi connectivity index (χ0n) is 13.9. The highest BCUT2D eigenvalue weighted by Crippen LogP contribution is 2.36. The van der Waals surface area contributed by atoms with Crippen LogP contribution in [0, 0.1) is 5.41 Å². The van der Waals surface area contributed by atoms with E-state index in [4.69, 9.17) is 31.9 Å². The number of hydrogen-bond acceptors (Lipinski definition) is 10. The van der Waals surface area contributed by atoms with Gasteiger partial charge >= 0.3 is 23.9 Å². The molecule has 2 atom stereocenters. The van der Waals surface area contributed by atoms with Crippen molar-refractivity contribution >= 4 is 23.9 Å². The Morgan fingerprint density at radius 2 is 0.960 bits per heavy atom. The lowest BCUT2D eigenvalue weighted by Gasteiger charge is -2.38. The van der Waals surface area contributed by atoms with E-state index in [1.165, 1.54) is 0 Å². The van der Waals surface area contributed by atoms with Gasteiger partial charge in [0.25, 0.3) is 0 Å². The zero-order valence-corrected chi connectivity index (χ0v) is 13.9. The number of rotatable bonds is 10. The fourth-order valence-electron chi connectivity index (χ4n) is 2.23. The smallest absolute Gasteiger partial charge is 0.304 e. The Balaban J connectivity index is -0.000000333. The van der Waals surface area contributed by atoms with Crippen molar-refractivity contribution in [2.75, 3.05) is 0 Å². The van der Waals surface area contributed by atoms with E-state index >= 15 is 0 Å². The van der Waals surface area contributed by atoms with Gasteiger partial charge in [-0.25, -0.2) is 0 Å². The Morgan fingerprint density at radius 3 is 1.16 bits per heavy atom. The Labute approximate surface area is 143 Å². The molecule has 152 valence electrons. The lowest BCUT2D eigenvalue weighted by atomic mass is 9.69. The summed E-state index contributed by atoms with van der Waals surface area (Å²) in [6.45, 7) is 0. The van der Waals surface area contributed by atoms with Crippen LogP contribution in [0.2, 0.25) is 0 Å². The van der Waals surface area contributed by atoms with Crippen LogP contribution in [0.15, 0.2) is 0 Å².